The molecule has 0 saturated heterocycles. The largest absolute Gasteiger partial charge is 0.478 e. The maximum Gasteiger partial charge on any atom is 0.340 e. The summed E-state index contributed by atoms with van der Waals surface area (Å²) < 4.78 is 27.0. The minimum absolute atomic E-state index is 0.0173. The zero-order valence-corrected chi connectivity index (χ0v) is 11.9. The van der Waals surface area contributed by atoms with Crippen molar-refractivity contribution in [3.8, 4) is 0 Å². The molecule has 0 unspecified atom stereocenters. The first-order valence-electron chi connectivity index (χ1n) is 5.68. The van der Waals surface area contributed by atoms with Crippen molar-refractivity contribution in [2.24, 2.45) is 0 Å². The van der Waals surface area contributed by atoms with Crippen molar-refractivity contribution in [1.82, 2.24) is 0 Å². The molecule has 2 aromatic carbocycles. The number of benzene rings is 2. The Morgan fingerprint density at radius 1 is 1.10 bits per heavy atom. The Morgan fingerprint density at radius 2 is 1.81 bits per heavy atom. The van der Waals surface area contributed by atoms with Crippen LogP contribution in [0.3, 0.4) is 0 Å². The van der Waals surface area contributed by atoms with Gasteiger partial charge in [0.1, 0.15) is 17.2 Å². The number of carbonyl (C=O) groups excluding carboxylic acids is 1. The van der Waals surface area contributed by atoms with E-state index >= 15 is 0 Å². The van der Waals surface area contributed by atoms with Crippen LogP contribution in [-0.2, 0) is 0 Å². The lowest BCUT2D eigenvalue weighted by Gasteiger charge is -2.09. The molecule has 0 aliphatic heterocycles. The van der Waals surface area contributed by atoms with Crippen molar-refractivity contribution in [3.63, 3.8) is 0 Å². The average Bonchev–Trinajstić information content (AvgIpc) is 2.41. The van der Waals surface area contributed by atoms with Gasteiger partial charge in [0.2, 0.25) is 0 Å². The molecule has 7 heteroatoms. The predicted molar refractivity (Wildman–Crippen MR) is 75.4 cm³/mol. The zero-order chi connectivity index (χ0) is 15.6. The molecule has 0 bridgehead atoms. The van der Waals surface area contributed by atoms with E-state index in [0.29, 0.717) is 0 Å². The Morgan fingerprint density at radius 3 is 2.43 bits per heavy atom. The van der Waals surface area contributed by atoms with Gasteiger partial charge in [0, 0.05) is 5.56 Å². The van der Waals surface area contributed by atoms with Crippen LogP contribution in [-0.4, -0.2) is 17.0 Å². The molecule has 2 aromatic rings. The van der Waals surface area contributed by atoms with E-state index in [1.807, 2.05) is 0 Å². The molecule has 0 heterocycles. The quantitative estimate of drug-likeness (QED) is 0.882. The van der Waals surface area contributed by atoms with Gasteiger partial charge in [0.25, 0.3) is 5.91 Å². The van der Waals surface area contributed by atoms with Gasteiger partial charge >= 0.3 is 5.97 Å². The Hall–Kier alpha value is -2.28. The van der Waals surface area contributed by atoms with E-state index in [1.165, 1.54) is 24.3 Å². The van der Waals surface area contributed by atoms with Crippen LogP contribution >= 0.6 is 15.9 Å². The molecule has 0 saturated carbocycles. The number of hydrogen-bond donors (Lipinski definition) is 2. The molecule has 2 N–H and O–H groups in total. The molecule has 0 atom stereocenters. The fourth-order valence-electron chi connectivity index (χ4n) is 1.68. The van der Waals surface area contributed by atoms with E-state index in [1.54, 1.807) is 0 Å². The summed E-state index contributed by atoms with van der Waals surface area (Å²) in [6.07, 6.45) is 0. The summed E-state index contributed by atoms with van der Waals surface area (Å²) >= 11 is 2.95. The van der Waals surface area contributed by atoms with Gasteiger partial charge in [-0.1, -0.05) is 6.07 Å². The Bertz CT molecular complexity index is 734. The van der Waals surface area contributed by atoms with Gasteiger partial charge in [0.05, 0.1) is 10.2 Å². The number of rotatable bonds is 3. The van der Waals surface area contributed by atoms with Crippen LogP contribution in [0.2, 0.25) is 0 Å². The fraction of sp³-hybridized carbons (Fsp3) is 0. The Kier molecular flexibility index (Phi) is 4.32. The van der Waals surface area contributed by atoms with Gasteiger partial charge in [-0.05, 0) is 46.3 Å². The standard InChI is InChI=1S/C14H8BrF2NO3/c15-8-5-4-7(6-10(8)17)13(19)18-11-3-1-2-9(16)12(11)14(20)21/h1-6H,(H,18,19)(H,20,21). The number of anilines is 1. The number of aromatic carboxylic acids is 1. The lowest BCUT2D eigenvalue weighted by molar-refractivity contribution is 0.0693. The highest BCUT2D eigenvalue weighted by Gasteiger charge is 2.18. The average molecular weight is 356 g/mol. The highest BCUT2D eigenvalue weighted by molar-refractivity contribution is 9.10. The molecule has 0 aromatic heterocycles. The van der Waals surface area contributed by atoms with Crippen LogP contribution in [0.4, 0.5) is 14.5 Å². The molecule has 0 aliphatic carbocycles. The lowest BCUT2D eigenvalue weighted by Crippen LogP contribution is -2.16. The summed E-state index contributed by atoms with van der Waals surface area (Å²) in [7, 11) is 0. The molecule has 108 valence electrons. The van der Waals surface area contributed by atoms with Crippen LogP contribution in [0.5, 0.6) is 0 Å². The minimum atomic E-state index is -1.51. The number of halogens is 3. The number of carbonyl (C=O) groups is 2. The molecular formula is C14H8BrF2NO3. The Balaban J connectivity index is 2.34. The van der Waals surface area contributed by atoms with E-state index in [0.717, 1.165) is 12.1 Å². The summed E-state index contributed by atoms with van der Waals surface area (Å²) in [5.41, 5.74) is -0.865. The first-order valence-corrected chi connectivity index (χ1v) is 6.47. The molecule has 4 nitrogen and oxygen atoms in total. The predicted octanol–water partition coefficient (Wildman–Crippen LogP) is 3.68. The second-order valence-corrected chi connectivity index (χ2v) is 4.90. The molecular weight excluding hydrogens is 348 g/mol. The Labute approximate surface area is 126 Å². The SMILES string of the molecule is O=C(Nc1cccc(F)c1C(=O)O)c1ccc(Br)c(F)c1. The topological polar surface area (TPSA) is 66.4 Å². The maximum atomic E-state index is 13.5. The van der Waals surface area contributed by atoms with Crippen LogP contribution in [0.25, 0.3) is 0 Å². The normalized spacial score (nSPS) is 10.2. The van der Waals surface area contributed by atoms with Gasteiger partial charge < -0.3 is 10.4 Å². The number of nitrogens with one attached hydrogen (secondary N) is 1. The van der Waals surface area contributed by atoms with Crippen molar-refractivity contribution in [2.45, 2.75) is 0 Å². The van der Waals surface area contributed by atoms with E-state index in [-0.39, 0.29) is 15.7 Å². The monoisotopic (exact) mass is 355 g/mol. The zero-order valence-electron chi connectivity index (χ0n) is 10.4. The molecule has 1 amide bonds. The number of amides is 1. The molecule has 21 heavy (non-hydrogen) atoms. The number of carboxylic acids is 1. The fourth-order valence-corrected chi connectivity index (χ4v) is 1.92. The van der Waals surface area contributed by atoms with Crippen molar-refractivity contribution < 1.29 is 23.5 Å². The summed E-state index contributed by atoms with van der Waals surface area (Å²) in [5, 5.41) is 11.2. The van der Waals surface area contributed by atoms with Gasteiger partial charge in [-0.3, -0.25) is 4.79 Å². The van der Waals surface area contributed by atoms with E-state index in [4.69, 9.17) is 5.11 Å². The van der Waals surface area contributed by atoms with Crippen molar-refractivity contribution in [3.05, 3.63) is 63.6 Å². The van der Waals surface area contributed by atoms with Gasteiger partial charge in [-0.25, -0.2) is 13.6 Å². The summed E-state index contributed by atoms with van der Waals surface area (Å²) in [4.78, 5) is 23.0. The molecule has 0 radical (unpaired) electrons. The summed E-state index contributed by atoms with van der Waals surface area (Å²) in [5.74, 6) is -3.86. The van der Waals surface area contributed by atoms with E-state index < -0.39 is 29.1 Å². The van der Waals surface area contributed by atoms with Gasteiger partial charge in [0.15, 0.2) is 0 Å². The second kappa shape index (κ2) is 6.01. The first-order chi connectivity index (χ1) is 9.90. The molecule has 0 fully saturated rings. The molecule has 0 spiro atoms. The number of hydrogen-bond acceptors (Lipinski definition) is 2. The lowest BCUT2D eigenvalue weighted by atomic mass is 10.1. The summed E-state index contributed by atoms with van der Waals surface area (Å²) in [6.45, 7) is 0. The number of carboxylic acid groups (broad SMARTS) is 1. The third-order valence-electron chi connectivity index (χ3n) is 2.66. The van der Waals surface area contributed by atoms with Crippen LogP contribution in [0, 0.1) is 11.6 Å². The van der Waals surface area contributed by atoms with Gasteiger partial charge in [-0.2, -0.15) is 0 Å². The van der Waals surface area contributed by atoms with Crippen molar-refractivity contribution in [1.29, 1.82) is 0 Å². The first kappa shape index (κ1) is 15.1. The minimum Gasteiger partial charge on any atom is -0.478 e. The third-order valence-corrected chi connectivity index (χ3v) is 3.30. The smallest absolute Gasteiger partial charge is 0.340 e. The molecule has 2 rings (SSSR count). The second-order valence-electron chi connectivity index (χ2n) is 4.05. The summed E-state index contributed by atoms with van der Waals surface area (Å²) in [6, 6.07) is 7.16. The van der Waals surface area contributed by atoms with Crippen LogP contribution in [0.15, 0.2) is 40.9 Å². The third kappa shape index (κ3) is 3.25. The van der Waals surface area contributed by atoms with Gasteiger partial charge in [-0.15, -0.1) is 0 Å². The maximum absolute atomic E-state index is 13.5. The van der Waals surface area contributed by atoms with Crippen molar-refractivity contribution in [2.75, 3.05) is 5.32 Å². The van der Waals surface area contributed by atoms with E-state index in [9.17, 15) is 18.4 Å². The van der Waals surface area contributed by atoms with Crippen molar-refractivity contribution >= 4 is 33.5 Å². The highest BCUT2D eigenvalue weighted by atomic mass is 79.9. The highest BCUT2D eigenvalue weighted by Crippen LogP contribution is 2.21. The van der Waals surface area contributed by atoms with Crippen LogP contribution in [0.1, 0.15) is 20.7 Å². The van der Waals surface area contributed by atoms with Crippen LogP contribution < -0.4 is 5.32 Å². The van der Waals surface area contributed by atoms with E-state index in [2.05, 4.69) is 21.2 Å². The molecule has 0 aliphatic rings.